The lowest BCUT2D eigenvalue weighted by atomic mass is 10.1. The summed E-state index contributed by atoms with van der Waals surface area (Å²) in [7, 11) is 1.67. The smallest absolute Gasteiger partial charge is 0.289 e. The molecule has 1 saturated carbocycles. The lowest BCUT2D eigenvalue weighted by Gasteiger charge is -2.30. The summed E-state index contributed by atoms with van der Waals surface area (Å²) in [5.74, 6) is 0.892. The maximum absolute atomic E-state index is 12.3. The number of amides is 2. The van der Waals surface area contributed by atoms with Crippen LogP contribution in [0.15, 0.2) is 10.8 Å². The molecule has 1 aliphatic carbocycles. The molecule has 1 aliphatic heterocycles. The van der Waals surface area contributed by atoms with Gasteiger partial charge in [0, 0.05) is 51.9 Å². The highest BCUT2D eigenvalue weighted by atomic mass is 16.5. The van der Waals surface area contributed by atoms with Crippen molar-refractivity contribution in [2.75, 3.05) is 33.4 Å². The van der Waals surface area contributed by atoms with E-state index >= 15 is 0 Å². The van der Waals surface area contributed by atoms with E-state index in [2.05, 4.69) is 20.5 Å². The van der Waals surface area contributed by atoms with Crippen molar-refractivity contribution in [3.05, 3.63) is 17.8 Å². The molecular formula is C20H32N4O4. The maximum Gasteiger partial charge on any atom is 0.289 e. The lowest BCUT2D eigenvalue weighted by Crippen LogP contribution is -2.45. The summed E-state index contributed by atoms with van der Waals surface area (Å²) in [5.41, 5.74) is 0.599. The number of rotatable bonds is 11. The van der Waals surface area contributed by atoms with Crippen LogP contribution in [0.5, 0.6) is 0 Å². The Morgan fingerprint density at radius 3 is 2.71 bits per heavy atom. The maximum atomic E-state index is 12.3. The summed E-state index contributed by atoms with van der Waals surface area (Å²) in [6, 6.07) is 0.510. The van der Waals surface area contributed by atoms with Crippen molar-refractivity contribution in [2.45, 2.75) is 57.5 Å². The Bertz CT molecular complexity index is 658. The summed E-state index contributed by atoms with van der Waals surface area (Å²) in [5, 5.41) is 5.97. The second-order valence-electron chi connectivity index (χ2n) is 7.90. The molecule has 8 nitrogen and oxygen atoms in total. The van der Waals surface area contributed by atoms with Gasteiger partial charge < -0.3 is 19.8 Å². The number of nitrogens with one attached hydrogen (secondary N) is 2. The van der Waals surface area contributed by atoms with Gasteiger partial charge in [0.1, 0.15) is 0 Å². The van der Waals surface area contributed by atoms with E-state index < -0.39 is 0 Å². The van der Waals surface area contributed by atoms with Crippen LogP contribution < -0.4 is 10.6 Å². The van der Waals surface area contributed by atoms with Crippen LogP contribution in [0.3, 0.4) is 0 Å². The van der Waals surface area contributed by atoms with Crippen LogP contribution in [0, 0.1) is 12.8 Å². The number of ether oxygens (including phenoxy) is 1. The Kier molecular flexibility index (Phi) is 7.44. The van der Waals surface area contributed by atoms with Gasteiger partial charge in [-0.2, -0.15) is 0 Å². The molecule has 0 bridgehead atoms. The third-order valence-electron chi connectivity index (χ3n) is 5.66. The molecule has 2 amide bonds. The van der Waals surface area contributed by atoms with Crippen molar-refractivity contribution in [1.29, 1.82) is 0 Å². The average Bonchev–Trinajstić information content (AvgIpc) is 3.28. The zero-order valence-corrected chi connectivity index (χ0v) is 16.9. The molecule has 1 aromatic heterocycles. The monoisotopic (exact) mass is 392 g/mol. The molecule has 8 heteroatoms. The van der Waals surface area contributed by atoms with Crippen LogP contribution in [0.4, 0.5) is 0 Å². The molecule has 2 fully saturated rings. The molecule has 2 heterocycles. The van der Waals surface area contributed by atoms with E-state index in [0.717, 1.165) is 31.7 Å². The quantitative estimate of drug-likeness (QED) is 0.554. The number of carbonyl (C=O) groups is 2. The number of carbonyl (C=O) groups excluding carboxylic acids is 2. The van der Waals surface area contributed by atoms with E-state index in [9.17, 15) is 9.59 Å². The molecule has 1 saturated heterocycles. The van der Waals surface area contributed by atoms with Crippen molar-refractivity contribution in [1.82, 2.24) is 20.5 Å². The second-order valence-corrected chi connectivity index (χ2v) is 7.90. The highest BCUT2D eigenvalue weighted by molar-refractivity contribution is 5.92. The molecule has 2 atom stereocenters. The van der Waals surface area contributed by atoms with Crippen molar-refractivity contribution in [3.63, 3.8) is 0 Å². The summed E-state index contributed by atoms with van der Waals surface area (Å²) in [4.78, 5) is 31.0. The summed E-state index contributed by atoms with van der Waals surface area (Å²) < 4.78 is 10.2. The van der Waals surface area contributed by atoms with Gasteiger partial charge in [-0.25, -0.2) is 4.98 Å². The molecule has 2 aliphatic rings. The number of hydrogen-bond acceptors (Lipinski definition) is 6. The fraction of sp³-hybridized carbons (Fsp3) is 0.750. The van der Waals surface area contributed by atoms with Crippen molar-refractivity contribution < 1.29 is 18.7 Å². The van der Waals surface area contributed by atoms with Gasteiger partial charge in [0.25, 0.3) is 5.91 Å². The fourth-order valence-corrected chi connectivity index (χ4v) is 3.89. The Labute approximate surface area is 166 Å². The van der Waals surface area contributed by atoms with Gasteiger partial charge in [-0.1, -0.05) is 0 Å². The summed E-state index contributed by atoms with van der Waals surface area (Å²) in [6.07, 6.45) is 7.15. The first kappa shape index (κ1) is 20.8. The Morgan fingerprint density at radius 1 is 1.25 bits per heavy atom. The van der Waals surface area contributed by atoms with Crippen LogP contribution in [-0.2, 0) is 9.53 Å². The predicted octanol–water partition coefficient (Wildman–Crippen LogP) is 1.50. The van der Waals surface area contributed by atoms with Gasteiger partial charge in [0.05, 0.1) is 5.69 Å². The van der Waals surface area contributed by atoms with E-state index in [0.29, 0.717) is 31.8 Å². The number of aromatic nitrogens is 1. The van der Waals surface area contributed by atoms with Gasteiger partial charge >= 0.3 is 0 Å². The Balaban J connectivity index is 1.49. The SMILES string of the molecule is COCCCNC(=O)C[C@H]1CC[C@@H](CNC(=O)c2ocnc2C)N1CC1CC1. The minimum atomic E-state index is -0.222. The third kappa shape index (κ3) is 5.78. The van der Waals surface area contributed by atoms with E-state index in [1.54, 1.807) is 14.0 Å². The molecule has 0 spiro atoms. The number of hydrogen-bond donors (Lipinski definition) is 2. The highest BCUT2D eigenvalue weighted by Gasteiger charge is 2.38. The first-order valence-corrected chi connectivity index (χ1v) is 10.3. The molecule has 3 rings (SSSR count). The van der Waals surface area contributed by atoms with Crippen LogP contribution in [0.1, 0.15) is 54.8 Å². The molecule has 28 heavy (non-hydrogen) atoms. The van der Waals surface area contributed by atoms with Crippen molar-refractivity contribution in [2.24, 2.45) is 5.92 Å². The average molecular weight is 393 g/mol. The zero-order valence-electron chi connectivity index (χ0n) is 16.9. The van der Waals surface area contributed by atoms with Gasteiger partial charge in [-0.15, -0.1) is 0 Å². The van der Waals surface area contributed by atoms with Crippen molar-refractivity contribution >= 4 is 11.8 Å². The fourth-order valence-electron chi connectivity index (χ4n) is 3.89. The normalized spacial score (nSPS) is 22.4. The predicted molar refractivity (Wildman–Crippen MR) is 104 cm³/mol. The Hall–Kier alpha value is -1.93. The zero-order chi connectivity index (χ0) is 19.9. The van der Waals surface area contributed by atoms with E-state index in [1.807, 2.05) is 0 Å². The van der Waals surface area contributed by atoms with Crippen molar-refractivity contribution in [3.8, 4) is 0 Å². The number of oxazole rings is 1. The van der Waals surface area contributed by atoms with Crippen LogP contribution >= 0.6 is 0 Å². The first-order valence-electron chi connectivity index (χ1n) is 10.3. The molecule has 0 aromatic carbocycles. The number of likely N-dealkylation sites (tertiary alicyclic amines) is 1. The van der Waals surface area contributed by atoms with Crippen LogP contribution in [-0.4, -0.2) is 67.1 Å². The largest absolute Gasteiger partial charge is 0.438 e. The lowest BCUT2D eigenvalue weighted by molar-refractivity contribution is -0.122. The van der Waals surface area contributed by atoms with Gasteiger partial charge in [-0.3, -0.25) is 14.5 Å². The number of methoxy groups -OCH3 is 1. The minimum absolute atomic E-state index is 0.101. The van der Waals surface area contributed by atoms with E-state index in [-0.39, 0.29) is 29.7 Å². The summed E-state index contributed by atoms with van der Waals surface area (Å²) >= 11 is 0. The van der Waals surface area contributed by atoms with Gasteiger partial charge in [-0.05, 0) is 44.9 Å². The summed E-state index contributed by atoms with van der Waals surface area (Å²) in [6.45, 7) is 4.65. The van der Waals surface area contributed by atoms with Gasteiger partial charge in [0.2, 0.25) is 11.7 Å². The van der Waals surface area contributed by atoms with E-state index in [1.165, 1.54) is 19.2 Å². The third-order valence-corrected chi connectivity index (χ3v) is 5.66. The number of aryl methyl sites for hydroxylation is 1. The first-order chi connectivity index (χ1) is 13.6. The topological polar surface area (TPSA) is 96.7 Å². The molecule has 156 valence electrons. The molecule has 0 unspecified atom stereocenters. The highest BCUT2D eigenvalue weighted by Crippen LogP contribution is 2.35. The number of nitrogens with zero attached hydrogens (tertiary/aromatic N) is 2. The van der Waals surface area contributed by atoms with Crippen LogP contribution in [0.2, 0.25) is 0 Å². The molecule has 2 N–H and O–H groups in total. The van der Waals surface area contributed by atoms with Gasteiger partial charge in [0.15, 0.2) is 6.39 Å². The van der Waals surface area contributed by atoms with E-state index in [4.69, 9.17) is 9.15 Å². The molecule has 0 radical (unpaired) electrons. The molecule has 1 aromatic rings. The Morgan fingerprint density at radius 2 is 2.04 bits per heavy atom. The second kappa shape index (κ2) is 10.0. The van der Waals surface area contributed by atoms with Crippen LogP contribution in [0.25, 0.3) is 0 Å². The molecular weight excluding hydrogens is 360 g/mol. The standard InChI is InChI=1S/C20H32N4O4/c1-14-19(28-13-23-14)20(26)22-11-17-7-6-16(24(17)12-15-4-5-15)10-18(25)21-8-3-9-27-2/h13,15-17H,3-12H2,1-2H3,(H,21,25)(H,22,26)/t16-,17+/m1/s1. The minimum Gasteiger partial charge on any atom is -0.438 e.